The third-order valence-electron chi connectivity index (χ3n) is 2.20. The minimum atomic E-state index is -0.538. The zero-order valence-corrected chi connectivity index (χ0v) is 11.6. The van der Waals surface area contributed by atoms with Gasteiger partial charge in [-0.2, -0.15) is 0 Å². The quantitative estimate of drug-likeness (QED) is 0.408. The molecule has 0 fully saturated rings. The molecule has 7 heteroatoms. The van der Waals surface area contributed by atoms with Crippen molar-refractivity contribution < 1.29 is 27.2 Å². The van der Waals surface area contributed by atoms with E-state index in [1.807, 2.05) is 28.0 Å². The van der Waals surface area contributed by atoms with Crippen molar-refractivity contribution in [1.29, 1.82) is 0 Å². The molecule has 0 radical (unpaired) electrons. The number of nitrogens with zero attached hydrogens (tertiary/aromatic N) is 2. The maximum atomic E-state index is 9.42. The average Bonchev–Trinajstić information content (AvgIpc) is 2.29. The van der Waals surface area contributed by atoms with Gasteiger partial charge in [-0.05, 0) is 0 Å². The van der Waals surface area contributed by atoms with Crippen molar-refractivity contribution in [1.82, 2.24) is 4.90 Å². The first-order valence-corrected chi connectivity index (χ1v) is 6.20. The number of hydrogen-bond acceptors (Lipinski definition) is 3. The van der Waals surface area contributed by atoms with Crippen molar-refractivity contribution in [2.45, 2.75) is 12.2 Å². The Balaban J connectivity index is 0.00000256. The molecule has 1 heterocycles. The van der Waals surface area contributed by atoms with Crippen LogP contribution >= 0.6 is 23.2 Å². The summed E-state index contributed by atoms with van der Waals surface area (Å²) in [4.78, 5) is 1.94. The van der Waals surface area contributed by atoms with E-state index in [0.717, 1.165) is 0 Å². The molecule has 1 aliphatic rings. The van der Waals surface area contributed by atoms with Gasteiger partial charge < -0.3 is 27.5 Å². The highest BCUT2D eigenvalue weighted by atomic mass is 35.5. The van der Waals surface area contributed by atoms with Gasteiger partial charge >= 0.3 is 0 Å². The number of allylic oxidation sites excluding steroid dienone is 1. The smallest absolute Gasteiger partial charge is 0.218 e. The normalized spacial score (nSPS) is 18.4. The van der Waals surface area contributed by atoms with Gasteiger partial charge in [0, 0.05) is 12.3 Å². The topological polar surface area (TPSA) is 46.7 Å². The van der Waals surface area contributed by atoms with Crippen LogP contribution in [0.15, 0.2) is 12.3 Å². The zero-order valence-electron chi connectivity index (χ0n) is 9.35. The first-order chi connectivity index (χ1) is 7.65. The van der Waals surface area contributed by atoms with E-state index in [2.05, 4.69) is 0 Å². The van der Waals surface area contributed by atoms with Crippen LogP contribution in [-0.4, -0.2) is 69.6 Å². The first kappa shape index (κ1) is 17.0. The van der Waals surface area contributed by atoms with Crippen LogP contribution in [0.2, 0.25) is 0 Å². The molecule has 0 saturated heterocycles. The van der Waals surface area contributed by atoms with Crippen LogP contribution in [0.5, 0.6) is 0 Å². The van der Waals surface area contributed by atoms with E-state index in [0.29, 0.717) is 19.8 Å². The lowest BCUT2D eigenvalue weighted by molar-refractivity contribution is -0.550. The summed E-state index contributed by atoms with van der Waals surface area (Å²) in [6.45, 7) is 1.60. The maximum absolute atomic E-state index is 9.42. The zero-order chi connectivity index (χ0) is 12.0. The third-order valence-corrected chi connectivity index (χ3v) is 2.92. The molecule has 1 aliphatic heterocycles. The van der Waals surface area contributed by atoms with Crippen LogP contribution in [0.4, 0.5) is 0 Å². The monoisotopic (exact) mass is 302 g/mol. The summed E-state index contributed by atoms with van der Waals surface area (Å²) < 4.78 is 1.94. The lowest BCUT2D eigenvalue weighted by Gasteiger charge is -2.23. The molecular weight excluding hydrogens is 286 g/mol. The highest BCUT2D eigenvalue weighted by Crippen LogP contribution is 2.01. The van der Waals surface area contributed by atoms with Crippen LogP contribution in [0.1, 0.15) is 0 Å². The highest BCUT2D eigenvalue weighted by Gasteiger charge is 2.18. The van der Waals surface area contributed by atoms with Crippen LogP contribution in [-0.2, 0) is 0 Å². The van der Waals surface area contributed by atoms with Crippen molar-refractivity contribution in [2.24, 2.45) is 0 Å². The first-order valence-electron chi connectivity index (χ1n) is 5.13. The molecule has 0 amide bonds. The van der Waals surface area contributed by atoms with Gasteiger partial charge in [-0.15, -0.1) is 23.2 Å². The third kappa shape index (κ3) is 6.48. The van der Waals surface area contributed by atoms with E-state index in [9.17, 15) is 10.2 Å². The Labute approximate surface area is 118 Å². The summed E-state index contributed by atoms with van der Waals surface area (Å²) >= 11 is 11.1. The molecule has 0 spiro atoms. The van der Waals surface area contributed by atoms with Gasteiger partial charge in [0.15, 0.2) is 12.8 Å². The molecule has 4 nitrogen and oxygen atoms in total. The Morgan fingerprint density at radius 1 is 1.24 bits per heavy atom. The average molecular weight is 304 g/mol. The molecule has 2 unspecified atom stereocenters. The molecule has 0 aromatic heterocycles. The standard InChI is InChI=1S/C10H17Cl2N2O2.ClH/c11-4-9(15)6-13-2-1-3-14(8-13)7-10(16)5-12;/h1-3,9-10,15-16H,4-8H2;1H/q+1;/p-1. The number of aliphatic hydroxyl groups is 2. The van der Waals surface area contributed by atoms with Crippen molar-refractivity contribution in [3.8, 4) is 0 Å². The van der Waals surface area contributed by atoms with Crippen LogP contribution < -0.4 is 12.4 Å². The largest absolute Gasteiger partial charge is 1.00 e. The number of rotatable bonds is 6. The summed E-state index contributed by atoms with van der Waals surface area (Å²) in [6, 6.07) is 0. The Bertz CT molecular complexity index is 274. The summed E-state index contributed by atoms with van der Waals surface area (Å²) in [5.41, 5.74) is 0. The molecular formula is C10H17Cl3N2O2. The van der Waals surface area contributed by atoms with Gasteiger partial charge in [-0.25, -0.2) is 4.58 Å². The molecule has 100 valence electrons. The second-order valence-corrected chi connectivity index (χ2v) is 4.41. The van der Waals surface area contributed by atoms with Crippen LogP contribution in [0.25, 0.3) is 0 Å². The predicted molar refractivity (Wildman–Crippen MR) is 65.4 cm³/mol. The molecule has 2 atom stereocenters. The summed E-state index contributed by atoms with van der Waals surface area (Å²) in [5, 5.41) is 18.8. The van der Waals surface area contributed by atoms with Gasteiger partial charge in [-0.1, -0.05) is 0 Å². The number of halogens is 3. The lowest BCUT2D eigenvalue weighted by Crippen LogP contribution is -3.00. The number of aliphatic hydroxyl groups excluding tert-OH is 2. The Morgan fingerprint density at radius 3 is 2.47 bits per heavy atom. The number of β-amino-alcohol motifs (C(OH)–C–C–N with tert-alkyl or cyclic N) is 2. The van der Waals surface area contributed by atoms with Gasteiger partial charge in [0.05, 0.1) is 24.4 Å². The number of hydrogen-bond donors (Lipinski definition) is 2. The maximum Gasteiger partial charge on any atom is 0.218 e. The molecule has 17 heavy (non-hydrogen) atoms. The Morgan fingerprint density at radius 2 is 1.88 bits per heavy atom. The molecule has 2 N–H and O–H groups in total. The predicted octanol–water partition coefficient (Wildman–Crippen LogP) is -2.94. The van der Waals surface area contributed by atoms with E-state index in [1.54, 1.807) is 0 Å². The van der Waals surface area contributed by atoms with E-state index >= 15 is 0 Å². The fourth-order valence-electron chi connectivity index (χ4n) is 1.49. The number of alkyl halides is 2. The molecule has 0 aromatic rings. The molecule has 0 saturated carbocycles. The van der Waals surface area contributed by atoms with Crippen LogP contribution in [0.3, 0.4) is 0 Å². The van der Waals surface area contributed by atoms with E-state index in [-0.39, 0.29) is 24.2 Å². The van der Waals surface area contributed by atoms with Gasteiger partial charge in [0.25, 0.3) is 0 Å². The SMILES string of the molecule is OC(CCl)CN1C=CC=[N+](CC(O)CCl)C1.[Cl-]. The fourth-order valence-corrected chi connectivity index (χ4v) is 1.68. The van der Waals surface area contributed by atoms with E-state index < -0.39 is 12.2 Å². The molecule has 0 bridgehead atoms. The minimum absolute atomic E-state index is 0. The van der Waals surface area contributed by atoms with E-state index in [1.165, 1.54) is 0 Å². The van der Waals surface area contributed by atoms with Crippen molar-refractivity contribution >= 4 is 29.4 Å². The van der Waals surface area contributed by atoms with Crippen molar-refractivity contribution in [3.63, 3.8) is 0 Å². The molecule has 0 aromatic carbocycles. The van der Waals surface area contributed by atoms with Gasteiger partial charge in [-0.3, -0.25) is 0 Å². The Hall–Kier alpha value is -0.000000000000000111. The second kappa shape index (κ2) is 9.00. The van der Waals surface area contributed by atoms with E-state index in [4.69, 9.17) is 23.2 Å². The highest BCUT2D eigenvalue weighted by molar-refractivity contribution is 6.18. The van der Waals surface area contributed by atoms with Crippen molar-refractivity contribution in [3.05, 3.63) is 12.3 Å². The summed E-state index contributed by atoms with van der Waals surface area (Å²) in [6.07, 6.45) is 4.57. The second-order valence-electron chi connectivity index (χ2n) is 3.79. The van der Waals surface area contributed by atoms with Gasteiger partial charge in [0.2, 0.25) is 6.67 Å². The summed E-state index contributed by atoms with van der Waals surface area (Å²) in [7, 11) is 0. The fraction of sp³-hybridized carbons (Fsp3) is 0.700. The minimum Gasteiger partial charge on any atom is -1.00 e. The lowest BCUT2D eigenvalue weighted by atomic mass is 10.3. The van der Waals surface area contributed by atoms with Crippen LogP contribution in [0, 0.1) is 0 Å². The Kier molecular flexibility index (Phi) is 9.00. The molecule has 0 aliphatic carbocycles. The van der Waals surface area contributed by atoms with Crippen molar-refractivity contribution in [2.75, 3.05) is 31.5 Å². The summed E-state index contributed by atoms with van der Waals surface area (Å²) in [5.74, 6) is 0.441. The molecule has 1 rings (SSSR count). The van der Waals surface area contributed by atoms with Gasteiger partial charge in [0.1, 0.15) is 6.10 Å².